The molecule has 92 valence electrons. The average Bonchev–Trinajstić information content (AvgIpc) is 2.38. The van der Waals surface area contributed by atoms with Crippen molar-refractivity contribution < 1.29 is 14.6 Å². The van der Waals surface area contributed by atoms with E-state index in [-0.39, 0.29) is 12.2 Å². The molecule has 2 rings (SSSR count). The van der Waals surface area contributed by atoms with Crippen molar-refractivity contribution in [3.8, 4) is 5.75 Å². The highest BCUT2D eigenvalue weighted by molar-refractivity contribution is 6.30. The third-order valence-corrected chi connectivity index (χ3v) is 2.47. The van der Waals surface area contributed by atoms with Gasteiger partial charge in [-0.15, -0.1) is 0 Å². The van der Waals surface area contributed by atoms with Crippen LogP contribution in [0, 0.1) is 0 Å². The number of hydrogen-bond donors (Lipinski definition) is 1. The Morgan fingerprint density at radius 2 is 2.06 bits per heavy atom. The van der Waals surface area contributed by atoms with Crippen LogP contribution in [0.5, 0.6) is 5.75 Å². The van der Waals surface area contributed by atoms with Gasteiger partial charge in [0.15, 0.2) is 0 Å². The Morgan fingerprint density at radius 1 is 1.33 bits per heavy atom. The predicted octanol–water partition coefficient (Wildman–Crippen LogP) is 2.41. The number of aromatic carboxylic acids is 1. The first-order valence-electron chi connectivity index (χ1n) is 5.07. The molecule has 2 aromatic rings. The summed E-state index contributed by atoms with van der Waals surface area (Å²) in [6.07, 6.45) is 2.53. The number of halogens is 1. The fraction of sp³-hybridized carbons (Fsp3) is 0.0833. The van der Waals surface area contributed by atoms with Gasteiger partial charge in [-0.05, 0) is 24.3 Å². The lowest BCUT2D eigenvalue weighted by molar-refractivity contribution is 0.0692. The topological polar surface area (TPSA) is 72.3 Å². The fourth-order valence-corrected chi connectivity index (χ4v) is 1.46. The minimum atomic E-state index is -1.08. The number of hydrogen-bond acceptors (Lipinski definition) is 4. The molecule has 0 atom stereocenters. The summed E-state index contributed by atoms with van der Waals surface area (Å²) in [5.74, 6) is -0.486. The van der Waals surface area contributed by atoms with E-state index < -0.39 is 5.97 Å². The molecule has 0 amide bonds. The van der Waals surface area contributed by atoms with E-state index in [0.29, 0.717) is 16.5 Å². The lowest BCUT2D eigenvalue weighted by Gasteiger charge is -2.07. The first-order chi connectivity index (χ1) is 8.66. The summed E-state index contributed by atoms with van der Waals surface area (Å²) in [4.78, 5) is 18.5. The van der Waals surface area contributed by atoms with Crippen LogP contribution in [0.3, 0.4) is 0 Å². The molecule has 0 spiro atoms. The van der Waals surface area contributed by atoms with Gasteiger partial charge in [-0.2, -0.15) is 0 Å². The number of carboxylic acid groups (broad SMARTS) is 1. The first kappa shape index (κ1) is 12.3. The van der Waals surface area contributed by atoms with E-state index in [1.165, 1.54) is 12.5 Å². The molecule has 0 aliphatic carbocycles. The predicted molar refractivity (Wildman–Crippen MR) is 64.8 cm³/mol. The standard InChI is InChI=1S/C12H9ClN2O3/c13-8-1-3-9(4-2-8)18-6-11-10(12(16)17)5-14-7-15-11/h1-5,7H,6H2,(H,16,17). The van der Waals surface area contributed by atoms with Crippen LogP contribution in [0.25, 0.3) is 0 Å². The Bertz CT molecular complexity index is 558. The lowest BCUT2D eigenvalue weighted by Crippen LogP contribution is -2.08. The van der Waals surface area contributed by atoms with Crippen LogP contribution >= 0.6 is 11.6 Å². The Balaban J connectivity index is 2.10. The molecular weight excluding hydrogens is 256 g/mol. The number of carboxylic acids is 1. The van der Waals surface area contributed by atoms with Crippen molar-refractivity contribution in [3.63, 3.8) is 0 Å². The van der Waals surface area contributed by atoms with Crippen LogP contribution in [0.2, 0.25) is 5.02 Å². The highest BCUT2D eigenvalue weighted by Crippen LogP contribution is 2.17. The molecule has 1 N–H and O–H groups in total. The van der Waals surface area contributed by atoms with Crippen molar-refractivity contribution in [2.75, 3.05) is 0 Å². The summed E-state index contributed by atoms with van der Waals surface area (Å²) in [7, 11) is 0. The molecule has 1 aromatic carbocycles. The minimum absolute atomic E-state index is 0.0338. The van der Waals surface area contributed by atoms with Crippen molar-refractivity contribution in [2.45, 2.75) is 6.61 Å². The van der Waals surface area contributed by atoms with Gasteiger partial charge in [0.2, 0.25) is 0 Å². The highest BCUT2D eigenvalue weighted by Gasteiger charge is 2.11. The van der Waals surface area contributed by atoms with Crippen molar-refractivity contribution >= 4 is 17.6 Å². The molecular formula is C12H9ClN2O3. The highest BCUT2D eigenvalue weighted by atomic mass is 35.5. The van der Waals surface area contributed by atoms with Crippen LogP contribution < -0.4 is 4.74 Å². The molecule has 0 unspecified atom stereocenters. The first-order valence-corrected chi connectivity index (χ1v) is 5.45. The molecule has 0 bridgehead atoms. The van der Waals surface area contributed by atoms with E-state index in [4.69, 9.17) is 21.4 Å². The smallest absolute Gasteiger partial charge is 0.339 e. The van der Waals surface area contributed by atoms with Gasteiger partial charge in [0.1, 0.15) is 24.2 Å². The van der Waals surface area contributed by atoms with Gasteiger partial charge in [0.25, 0.3) is 0 Å². The van der Waals surface area contributed by atoms with Gasteiger partial charge in [-0.3, -0.25) is 0 Å². The van der Waals surface area contributed by atoms with E-state index in [9.17, 15) is 4.79 Å². The number of nitrogens with zero attached hydrogens (tertiary/aromatic N) is 2. The molecule has 6 heteroatoms. The van der Waals surface area contributed by atoms with E-state index in [1.54, 1.807) is 24.3 Å². The fourth-order valence-electron chi connectivity index (χ4n) is 1.33. The Hall–Kier alpha value is -2.14. The van der Waals surface area contributed by atoms with Crippen molar-refractivity contribution in [1.82, 2.24) is 9.97 Å². The third kappa shape index (κ3) is 2.95. The van der Waals surface area contributed by atoms with E-state index in [1.807, 2.05) is 0 Å². The van der Waals surface area contributed by atoms with E-state index in [0.717, 1.165) is 0 Å². The number of ether oxygens (including phenoxy) is 1. The van der Waals surface area contributed by atoms with Crippen molar-refractivity contribution in [2.24, 2.45) is 0 Å². The Morgan fingerprint density at radius 3 is 2.72 bits per heavy atom. The van der Waals surface area contributed by atoms with Gasteiger partial charge in [-0.25, -0.2) is 14.8 Å². The quantitative estimate of drug-likeness (QED) is 0.918. The zero-order chi connectivity index (χ0) is 13.0. The molecule has 1 aromatic heterocycles. The largest absolute Gasteiger partial charge is 0.487 e. The number of aromatic nitrogens is 2. The molecule has 0 radical (unpaired) electrons. The lowest BCUT2D eigenvalue weighted by atomic mass is 10.2. The number of carbonyl (C=O) groups is 1. The molecule has 18 heavy (non-hydrogen) atoms. The summed E-state index contributed by atoms with van der Waals surface area (Å²) in [5.41, 5.74) is 0.360. The second kappa shape index (κ2) is 5.46. The normalized spacial score (nSPS) is 10.1. The molecule has 0 fully saturated rings. The number of rotatable bonds is 4. The van der Waals surface area contributed by atoms with Crippen LogP contribution in [-0.2, 0) is 6.61 Å². The van der Waals surface area contributed by atoms with Crippen molar-refractivity contribution in [3.05, 3.63) is 53.1 Å². The maximum atomic E-state index is 10.9. The zero-order valence-electron chi connectivity index (χ0n) is 9.21. The third-order valence-electron chi connectivity index (χ3n) is 2.21. The van der Waals surface area contributed by atoms with Crippen LogP contribution in [0.1, 0.15) is 16.1 Å². The van der Waals surface area contributed by atoms with Gasteiger partial charge in [0.05, 0.1) is 5.69 Å². The van der Waals surface area contributed by atoms with Crippen LogP contribution in [-0.4, -0.2) is 21.0 Å². The second-order valence-corrected chi connectivity index (χ2v) is 3.87. The Labute approximate surface area is 108 Å². The van der Waals surface area contributed by atoms with Gasteiger partial charge in [0, 0.05) is 11.2 Å². The molecule has 0 saturated heterocycles. The van der Waals surface area contributed by atoms with Crippen LogP contribution in [0.4, 0.5) is 0 Å². The summed E-state index contributed by atoms with van der Waals surface area (Å²) >= 11 is 5.74. The van der Waals surface area contributed by atoms with Crippen LogP contribution in [0.15, 0.2) is 36.8 Å². The SMILES string of the molecule is O=C(O)c1cncnc1COc1ccc(Cl)cc1. The zero-order valence-corrected chi connectivity index (χ0v) is 9.96. The Kier molecular flexibility index (Phi) is 3.74. The molecule has 0 aliphatic rings. The summed E-state index contributed by atoms with van der Waals surface area (Å²) < 4.78 is 5.43. The summed E-state index contributed by atoms with van der Waals surface area (Å²) in [5, 5.41) is 9.55. The number of benzene rings is 1. The molecule has 1 heterocycles. The van der Waals surface area contributed by atoms with Gasteiger partial charge < -0.3 is 9.84 Å². The minimum Gasteiger partial charge on any atom is -0.487 e. The second-order valence-electron chi connectivity index (χ2n) is 3.43. The maximum absolute atomic E-state index is 10.9. The van der Waals surface area contributed by atoms with Gasteiger partial charge >= 0.3 is 5.97 Å². The summed E-state index contributed by atoms with van der Waals surface area (Å²) in [6, 6.07) is 6.78. The van der Waals surface area contributed by atoms with Gasteiger partial charge in [-0.1, -0.05) is 11.6 Å². The molecule has 5 nitrogen and oxygen atoms in total. The monoisotopic (exact) mass is 264 g/mol. The van der Waals surface area contributed by atoms with Crippen molar-refractivity contribution in [1.29, 1.82) is 0 Å². The average molecular weight is 265 g/mol. The molecule has 0 aliphatic heterocycles. The summed E-state index contributed by atoms with van der Waals surface area (Å²) in [6.45, 7) is 0.0613. The molecule has 0 saturated carbocycles. The van der Waals surface area contributed by atoms with E-state index in [2.05, 4.69) is 9.97 Å². The maximum Gasteiger partial charge on any atom is 0.339 e. The van der Waals surface area contributed by atoms with E-state index >= 15 is 0 Å².